The molecule has 2 amide bonds. The van der Waals surface area contributed by atoms with Gasteiger partial charge in [-0.2, -0.15) is 0 Å². The first-order valence-electron chi connectivity index (χ1n) is 7.04. The molecule has 0 radical (unpaired) electrons. The Morgan fingerprint density at radius 2 is 1.67 bits per heavy atom. The number of ether oxygens (including phenoxy) is 1. The molecule has 0 heterocycles. The molecular weight excluding hydrogens is 330 g/mol. The van der Waals surface area contributed by atoms with Gasteiger partial charge in [-0.3, -0.25) is 14.9 Å². The summed E-state index contributed by atoms with van der Waals surface area (Å²) in [7, 11) is 0. The van der Waals surface area contributed by atoms with E-state index in [0.717, 1.165) is 5.56 Å². The molecule has 24 heavy (non-hydrogen) atoms. The third kappa shape index (κ3) is 5.70. The van der Waals surface area contributed by atoms with Crippen LogP contribution in [0.4, 0.5) is 0 Å². The highest BCUT2D eigenvalue weighted by Gasteiger charge is 2.11. The van der Waals surface area contributed by atoms with E-state index in [1.807, 2.05) is 0 Å². The van der Waals surface area contributed by atoms with Crippen molar-refractivity contribution in [2.24, 2.45) is 0 Å². The van der Waals surface area contributed by atoms with Crippen LogP contribution in [0.15, 0.2) is 60.7 Å². The van der Waals surface area contributed by atoms with Crippen molar-refractivity contribution in [3.8, 4) is 0 Å². The van der Waals surface area contributed by atoms with Crippen LogP contribution < -0.4 is 5.32 Å². The molecular formula is C18H14ClNO4. The van der Waals surface area contributed by atoms with Gasteiger partial charge in [-0.25, -0.2) is 4.79 Å². The molecule has 0 aliphatic rings. The summed E-state index contributed by atoms with van der Waals surface area (Å²) in [4.78, 5) is 34.9. The van der Waals surface area contributed by atoms with E-state index in [1.165, 1.54) is 12.2 Å². The van der Waals surface area contributed by atoms with Crippen LogP contribution in [-0.2, 0) is 14.3 Å². The third-order valence-electron chi connectivity index (χ3n) is 2.92. The van der Waals surface area contributed by atoms with Crippen LogP contribution >= 0.6 is 11.6 Å². The molecule has 0 atom stereocenters. The van der Waals surface area contributed by atoms with Gasteiger partial charge in [-0.15, -0.1) is 0 Å². The van der Waals surface area contributed by atoms with Gasteiger partial charge in [0.15, 0.2) is 6.61 Å². The number of imide groups is 1. The lowest BCUT2D eigenvalue weighted by Crippen LogP contribution is -2.33. The quantitative estimate of drug-likeness (QED) is 0.669. The zero-order chi connectivity index (χ0) is 17.4. The largest absolute Gasteiger partial charge is 0.452 e. The summed E-state index contributed by atoms with van der Waals surface area (Å²) in [5, 5.41) is 2.73. The standard InChI is InChI=1S/C18H14ClNO4/c19-15-9-6-13(7-10-15)8-11-17(22)24-12-16(21)20-18(23)14-4-2-1-3-5-14/h1-11H,12H2,(H,20,21,23)/b11-8+. The number of hydrogen-bond donors (Lipinski definition) is 1. The van der Waals surface area contributed by atoms with Gasteiger partial charge < -0.3 is 4.74 Å². The van der Waals surface area contributed by atoms with E-state index >= 15 is 0 Å². The van der Waals surface area contributed by atoms with E-state index in [1.54, 1.807) is 54.6 Å². The molecule has 0 aromatic heterocycles. The number of esters is 1. The highest BCUT2D eigenvalue weighted by Crippen LogP contribution is 2.10. The maximum absolute atomic E-state index is 11.7. The van der Waals surface area contributed by atoms with Gasteiger partial charge in [-0.05, 0) is 35.9 Å². The minimum atomic E-state index is -0.697. The van der Waals surface area contributed by atoms with Crippen LogP contribution in [0, 0.1) is 0 Å². The van der Waals surface area contributed by atoms with Crippen LogP contribution in [0.3, 0.4) is 0 Å². The van der Waals surface area contributed by atoms with Crippen molar-refractivity contribution in [1.29, 1.82) is 0 Å². The molecule has 0 aliphatic carbocycles. The fourth-order valence-electron chi connectivity index (χ4n) is 1.75. The molecule has 0 bridgehead atoms. The van der Waals surface area contributed by atoms with Crippen molar-refractivity contribution in [3.05, 3.63) is 76.8 Å². The number of benzene rings is 2. The molecule has 2 aromatic carbocycles. The fourth-order valence-corrected chi connectivity index (χ4v) is 1.87. The van der Waals surface area contributed by atoms with Crippen LogP contribution in [-0.4, -0.2) is 24.4 Å². The van der Waals surface area contributed by atoms with Gasteiger partial charge in [-0.1, -0.05) is 41.9 Å². The van der Waals surface area contributed by atoms with E-state index in [4.69, 9.17) is 16.3 Å². The van der Waals surface area contributed by atoms with E-state index < -0.39 is 24.4 Å². The molecule has 0 unspecified atom stereocenters. The first-order valence-corrected chi connectivity index (χ1v) is 7.42. The molecule has 6 heteroatoms. The lowest BCUT2D eigenvalue weighted by atomic mass is 10.2. The molecule has 122 valence electrons. The Morgan fingerprint density at radius 1 is 1.00 bits per heavy atom. The molecule has 5 nitrogen and oxygen atoms in total. The summed E-state index contributed by atoms with van der Waals surface area (Å²) in [5.41, 5.74) is 1.11. The first-order chi connectivity index (χ1) is 11.5. The summed E-state index contributed by atoms with van der Waals surface area (Å²) in [6.07, 6.45) is 2.72. The van der Waals surface area contributed by atoms with Crippen LogP contribution in [0.5, 0.6) is 0 Å². The molecule has 0 aliphatic heterocycles. The predicted molar refractivity (Wildman–Crippen MR) is 90.4 cm³/mol. The van der Waals surface area contributed by atoms with Gasteiger partial charge in [0.2, 0.25) is 0 Å². The Bertz CT molecular complexity index is 754. The van der Waals surface area contributed by atoms with Gasteiger partial charge in [0.25, 0.3) is 11.8 Å². The van der Waals surface area contributed by atoms with Gasteiger partial charge in [0.05, 0.1) is 0 Å². The van der Waals surface area contributed by atoms with Crippen molar-refractivity contribution in [2.75, 3.05) is 6.61 Å². The Kier molecular flexibility index (Phi) is 6.28. The maximum atomic E-state index is 11.7. The minimum absolute atomic E-state index is 0.347. The summed E-state index contributed by atoms with van der Waals surface area (Å²) >= 11 is 5.76. The molecule has 2 aromatic rings. The SMILES string of the molecule is O=C(COC(=O)/C=C/c1ccc(Cl)cc1)NC(=O)c1ccccc1. The Hall–Kier alpha value is -2.92. The first kappa shape index (κ1) is 17.4. The molecule has 0 spiro atoms. The zero-order valence-electron chi connectivity index (χ0n) is 12.6. The van der Waals surface area contributed by atoms with E-state index in [-0.39, 0.29) is 0 Å². The van der Waals surface area contributed by atoms with Gasteiger partial charge in [0, 0.05) is 16.7 Å². The predicted octanol–water partition coefficient (Wildman–Crippen LogP) is 2.85. The van der Waals surface area contributed by atoms with Crippen molar-refractivity contribution < 1.29 is 19.1 Å². The number of amides is 2. The Morgan fingerprint density at radius 3 is 2.33 bits per heavy atom. The van der Waals surface area contributed by atoms with E-state index in [0.29, 0.717) is 10.6 Å². The van der Waals surface area contributed by atoms with Gasteiger partial charge in [0.1, 0.15) is 0 Å². The average molecular weight is 344 g/mol. The second kappa shape index (κ2) is 8.64. The number of halogens is 1. The zero-order valence-corrected chi connectivity index (χ0v) is 13.3. The van der Waals surface area contributed by atoms with E-state index in [9.17, 15) is 14.4 Å². The second-order valence-electron chi connectivity index (χ2n) is 4.74. The second-order valence-corrected chi connectivity index (χ2v) is 5.17. The molecule has 0 saturated heterocycles. The highest BCUT2D eigenvalue weighted by atomic mass is 35.5. The van der Waals surface area contributed by atoms with Crippen LogP contribution in [0.2, 0.25) is 5.02 Å². The van der Waals surface area contributed by atoms with Crippen LogP contribution in [0.1, 0.15) is 15.9 Å². The van der Waals surface area contributed by atoms with Crippen molar-refractivity contribution in [1.82, 2.24) is 5.32 Å². The maximum Gasteiger partial charge on any atom is 0.331 e. The molecule has 0 fully saturated rings. The molecule has 0 saturated carbocycles. The number of nitrogens with one attached hydrogen (secondary N) is 1. The topological polar surface area (TPSA) is 72.5 Å². The van der Waals surface area contributed by atoms with Crippen molar-refractivity contribution in [2.45, 2.75) is 0 Å². The fraction of sp³-hybridized carbons (Fsp3) is 0.0556. The van der Waals surface area contributed by atoms with Gasteiger partial charge >= 0.3 is 5.97 Å². The number of rotatable bonds is 5. The number of hydrogen-bond acceptors (Lipinski definition) is 4. The van der Waals surface area contributed by atoms with Crippen molar-refractivity contribution in [3.63, 3.8) is 0 Å². The monoisotopic (exact) mass is 343 g/mol. The number of carbonyl (C=O) groups is 3. The third-order valence-corrected chi connectivity index (χ3v) is 3.17. The smallest absolute Gasteiger partial charge is 0.331 e. The lowest BCUT2D eigenvalue weighted by molar-refractivity contribution is -0.143. The number of carbonyl (C=O) groups excluding carboxylic acids is 3. The summed E-state index contributed by atoms with van der Waals surface area (Å²) < 4.78 is 4.77. The van der Waals surface area contributed by atoms with Crippen molar-refractivity contribution >= 4 is 35.5 Å². The normalized spacial score (nSPS) is 10.4. The Balaban J connectivity index is 1.78. The Labute approximate surface area is 143 Å². The van der Waals surface area contributed by atoms with Crippen LogP contribution in [0.25, 0.3) is 6.08 Å². The van der Waals surface area contributed by atoms with E-state index in [2.05, 4.69) is 5.32 Å². The highest BCUT2D eigenvalue weighted by molar-refractivity contribution is 6.30. The summed E-state index contributed by atoms with van der Waals surface area (Å²) in [6.45, 7) is -0.539. The molecule has 2 rings (SSSR count). The summed E-state index contributed by atoms with van der Waals surface area (Å²) in [5.74, 6) is -1.93. The minimum Gasteiger partial charge on any atom is -0.452 e. The lowest BCUT2D eigenvalue weighted by Gasteiger charge is -2.04. The summed E-state index contributed by atoms with van der Waals surface area (Å²) in [6, 6.07) is 15.1. The average Bonchev–Trinajstić information content (AvgIpc) is 2.60. The molecule has 1 N–H and O–H groups in total.